The number of hydrogen-bond acceptors (Lipinski definition) is 1. The van der Waals surface area contributed by atoms with E-state index in [2.05, 4.69) is 19.9 Å². The first-order chi connectivity index (χ1) is 8.22. The van der Waals surface area contributed by atoms with Crippen molar-refractivity contribution >= 4 is 5.78 Å². The van der Waals surface area contributed by atoms with E-state index < -0.39 is 0 Å². The van der Waals surface area contributed by atoms with Crippen molar-refractivity contribution in [3.8, 4) is 0 Å². The lowest BCUT2D eigenvalue weighted by Gasteiger charge is -2.17. The number of fused-ring (bicyclic) bond motifs is 1. The average molecular weight is 230 g/mol. The highest BCUT2D eigenvalue weighted by Gasteiger charge is 2.25. The van der Waals surface area contributed by atoms with Crippen molar-refractivity contribution in [1.82, 2.24) is 0 Å². The van der Waals surface area contributed by atoms with Gasteiger partial charge in [0.25, 0.3) is 0 Å². The van der Waals surface area contributed by atoms with Gasteiger partial charge < -0.3 is 0 Å². The Morgan fingerprint density at radius 2 is 2.12 bits per heavy atom. The fraction of sp³-hybridized carbons (Fsp3) is 0.562. The van der Waals surface area contributed by atoms with E-state index in [0.717, 1.165) is 31.2 Å². The molecule has 1 aliphatic rings. The van der Waals surface area contributed by atoms with Crippen molar-refractivity contribution < 1.29 is 4.79 Å². The molecular formula is C16H22O. The fourth-order valence-electron chi connectivity index (χ4n) is 2.75. The highest BCUT2D eigenvalue weighted by molar-refractivity contribution is 5.99. The second-order valence-corrected chi connectivity index (χ2v) is 5.36. The van der Waals surface area contributed by atoms with Crippen LogP contribution in [0.1, 0.15) is 55.5 Å². The maximum Gasteiger partial charge on any atom is 0.166 e. The molecule has 1 heteroatoms. The Bertz CT molecular complexity index is 394. The number of ketones is 1. The molecular weight excluding hydrogens is 208 g/mol. The highest BCUT2D eigenvalue weighted by atomic mass is 16.1. The van der Waals surface area contributed by atoms with E-state index in [9.17, 15) is 4.79 Å². The van der Waals surface area contributed by atoms with Gasteiger partial charge in [-0.3, -0.25) is 4.79 Å². The maximum absolute atomic E-state index is 12.5. The number of carbonyl (C=O) groups is 1. The standard InChI is InChI=1S/C16H22O/c1-3-12(2)11-14-9-6-8-13-7-4-5-10-15(13)16(14)17/h4-5,7,10,12,14H,3,6,8-9,11H2,1-2H3. The van der Waals surface area contributed by atoms with E-state index in [0.29, 0.717) is 11.7 Å². The van der Waals surface area contributed by atoms with E-state index in [1.807, 2.05) is 18.2 Å². The Hall–Kier alpha value is -1.11. The molecule has 0 amide bonds. The molecule has 0 aromatic heterocycles. The van der Waals surface area contributed by atoms with Crippen LogP contribution in [-0.2, 0) is 6.42 Å². The SMILES string of the molecule is CCC(C)CC1CCCc2ccccc2C1=O. The minimum absolute atomic E-state index is 0.258. The molecule has 17 heavy (non-hydrogen) atoms. The van der Waals surface area contributed by atoms with Gasteiger partial charge >= 0.3 is 0 Å². The van der Waals surface area contributed by atoms with Crippen LogP contribution in [0.25, 0.3) is 0 Å². The number of aryl methyl sites for hydroxylation is 1. The molecule has 1 nitrogen and oxygen atoms in total. The Morgan fingerprint density at radius 1 is 1.35 bits per heavy atom. The van der Waals surface area contributed by atoms with Crippen molar-refractivity contribution in [1.29, 1.82) is 0 Å². The molecule has 0 N–H and O–H groups in total. The number of Topliss-reactive ketones (excluding diaryl/α,β-unsaturated/α-hetero) is 1. The molecule has 0 aliphatic heterocycles. The van der Waals surface area contributed by atoms with Crippen LogP contribution >= 0.6 is 0 Å². The Labute approximate surface area is 104 Å². The average Bonchev–Trinajstić information content (AvgIpc) is 2.51. The van der Waals surface area contributed by atoms with Gasteiger partial charge in [0.15, 0.2) is 5.78 Å². The zero-order valence-corrected chi connectivity index (χ0v) is 10.9. The molecule has 2 unspecified atom stereocenters. The number of carbonyl (C=O) groups excluding carboxylic acids is 1. The van der Waals surface area contributed by atoms with Crippen molar-refractivity contribution in [2.75, 3.05) is 0 Å². The van der Waals surface area contributed by atoms with Gasteiger partial charge in [0, 0.05) is 11.5 Å². The van der Waals surface area contributed by atoms with Gasteiger partial charge in [0.2, 0.25) is 0 Å². The summed E-state index contributed by atoms with van der Waals surface area (Å²) in [7, 11) is 0. The summed E-state index contributed by atoms with van der Waals surface area (Å²) in [6.45, 7) is 4.46. The third-order valence-electron chi connectivity index (χ3n) is 4.04. The molecule has 2 atom stereocenters. The maximum atomic E-state index is 12.5. The summed E-state index contributed by atoms with van der Waals surface area (Å²) in [4.78, 5) is 12.5. The molecule has 0 fully saturated rings. The summed E-state index contributed by atoms with van der Waals surface area (Å²) in [6, 6.07) is 8.15. The van der Waals surface area contributed by atoms with Crippen LogP contribution < -0.4 is 0 Å². The Morgan fingerprint density at radius 3 is 2.88 bits per heavy atom. The molecule has 0 bridgehead atoms. The second kappa shape index (κ2) is 5.48. The van der Waals surface area contributed by atoms with Crippen LogP contribution in [0.2, 0.25) is 0 Å². The molecule has 1 aromatic rings. The lowest BCUT2D eigenvalue weighted by molar-refractivity contribution is 0.0896. The van der Waals surface area contributed by atoms with Gasteiger partial charge in [-0.05, 0) is 37.2 Å². The van der Waals surface area contributed by atoms with Crippen LogP contribution in [0.5, 0.6) is 0 Å². The highest BCUT2D eigenvalue weighted by Crippen LogP contribution is 2.29. The largest absolute Gasteiger partial charge is 0.294 e. The van der Waals surface area contributed by atoms with Crippen molar-refractivity contribution in [3.05, 3.63) is 35.4 Å². The number of rotatable bonds is 3. The molecule has 2 rings (SSSR count). The van der Waals surface area contributed by atoms with E-state index in [1.165, 1.54) is 12.0 Å². The second-order valence-electron chi connectivity index (χ2n) is 5.36. The molecule has 1 aromatic carbocycles. The molecule has 0 saturated carbocycles. The number of benzene rings is 1. The molecule has 0 radical (unpaired) electrons. The summed E-state index contributed by atoms with van der Waals surface area (Å²) in [5.41, 5.74) is 2.24. The van der Waals surface area contributed by atoms with Crippen LogP contribution in [0, 0.1) is 11.8 Å². The smallest absolute Gasteiger partial charge is 0.166 e. The topological polar surface area (TPSA) is 17.1 Å². The minimum atomic E-state index is 0.258. The lowest BCUT2D eigenvalue weighted by atomic mass is 9.86. The van der Waals surface area contributed by atoms with Gasteiger partial charge in [-0.15, -0.1) is 0 Å². The van der Waals surface area contributed by atoms with E-state index in [-0.39, 0.29) is 5.92 Å². The summed E-state index contributed by atoms with van der Waals surface area (Å²) in [5.74, 6) is 1.31. The summed E-state index contributed by atoms with van der Waals surface area (Å²) < 4.78 is 0. The third-order valence-corrected chi connectivity index (χ3v) is 4.04. The lowest BCUT2D eigenvalue weighted by Crippen LogP contribution is -2.16. The van der Waals surface area contributed by atoms with Gasteiger partial charge in [0.05, 0.1) is 0 Å². The van der Waals surface area contributed by atoms with Gasteiger partial charge in [0.1, 0.15) is 0 Å². The van der Waals surface area contributed by atoms with Crippen LogP contribution in [0.4, 0.5) is 0 Å². The van der Waals surface area contributed by atoms with Crippen LogP contribution in [0.3, 0.4) is 0 Å². The van der Waals surface area contributed by atoms with Crippen molar-refractivity contribution in [3.63, 3.8) is 0 Å². The van der Waals surface area contributed by atoms with Gasteiger partial charge in [-0.2, -0.15) is 0 Å². The molecule has 0 heterocycles. The number of hydrogen-bond donors (Lipinski definition) is 0. The molecule has 1 aliphatic carbocycles. The summed E-state index contributed by atoms with van der Waals surface area (Å²) >= 11 is 0. The van der Waals surface area contributed by atoms with Crippen LogP contribution in [-0.4, -0.2) is 5.78 Å². The van der Waals surface area contributed by atoms with Gasteiger partial charge in [-0.25, -0.2) is 0 Å². The predicted molar refractivity (Wildman–Crippen MR) is 71.3 cm³/mol. The summed E-state index contributed by atoms with van der Waals surface area (Å²) in [6.07, 6.45) is 5.52. The third kappa shape index (κ3) is 2.77. The monoisotopic (exact) mass is 230 g/mol. The van der Waals surface area contributed by atoms with E-state index in [1.54, 1.807) is 0 Å². The first-order valence-electron chi connectivity index (χ1n) is 6.84. The Balaban J connectivity index is 2.20. The van der Waals surface area contributed by atoms with E-state index in [4.69, 9.17) is 0 Å². The van der Waals surface area contributed by atoms with Crippen molar-refractivity contribution in [2.45, 2.75) is 46.0 Å². The molecule has 92 valence electrons. The zero-order chi connectivity index (χ0) is 12.3. The first kappa shape index (κ1) is 12.3. The fourth-order valence-corrected chi connectivity index (χ4v) is 2.75. The quantitative estimate of drug-likeness (QED) is 0.709. The van der Waals surface area contributed by atoms with Crippen LogP contribution in [0.15, 0.2) is 24.3 Å². The van der Waals surface area contributed by atoms with Gasteiger partial charge in [-0.1, -0.05) is 44.5 Å². The summed E-state index contributed by atoms with van der Waals surface area (Å²) in [5, 5.41) is 0. The van der Waals surface area contributed by atoms with Crippen molar-refractivity contribution in [2.24, 2.45) is 11.8 Å². The first-order valence-corrected chi connectivity index (χ1v) is 6.84. The predicted octanol–water partition coefficient (Wildman–Crippen LogP) is 4.26. The minimum Gasteiger partial charge on any atom is -0.294 e. The zero-order valence-electron chi connectivity index (χ0n) is 10.9. The van der Waals surface area contributed by atoms with E-state index >= 15 is 0 Å². The Kier molecular flexibility index (Phi) is 3.98. The molecule has 0 saturated heterocycles. The normalized spacial score (nSPS) is 21.8. The molecule has 0 spiro atoms.